The number of aromatic nitrogens is 3. The minimum atomic E-state index is -0.522. The van der Waals surface area contributed by atoms with Crippen molar-refractivity contribution in [3.8, 4) is 16.9 Å². The lowest BCUT2D eigenvalue weighted by Gasteiger charge is -2.36. The Hall–Kier alpha value is -4.24. The fourth-order valence-corrected chi connectivity index (χ4v) is 4.60. The van der Waals surface area contributed by atoms with E-state index in [1.54, 1.807) is 53.0 Å². The number of nitrogens with zero attached hydrogens (tertiary/aromatic N) is 5. The predicted octanol–water partition coefficient (Wildman–Crippen LogP) is 4.87. The summed E-state index contributed by atoms with van der Waals surface area (Å²) in [5.41, 5.74) is 3.72. The highest BCUT2D eigenvalue weighted by Gasteiger charge is 2.24. The molecule has 38 heavy (non-hydrogen) atoms. The van der Waals surface area contributed by atoms with Crippen LogP contribution in [-0.4, -0.2) is 64.3 Å². The van der Waals surface area contributed by atoms with Crippen molar-refractivity contribution >= 4 is 29.2 Å². The molecular weight excluding hydrogens is 509 g/mol. The van der Waals surface area contributed by atoms with Crippen molar-refractivity contribution in [2.75, 3.05) is 37.7 Å². The number of esters is 1. The van der Waals surface area contributed by atoms with Gasteiger partial charge in [0.15, 0.2) is 5.69 Å². The van der Waals surface area contributed by atoms with Crippen LogP contribution in [0.2, 0.25) is 5.15 Å². The summed E-state index contributed by atoms with van der Waals surface area (Å²) in [5.74, 6) is -1.00. The zero-order chi connectivity index (χ0) is 26.6. The molecule has 2 aromatic carbocycles. The first kappa shape index (κ1) is 25.4. The van der Waals surface area contributed by atoms with E-state index >= 15 is 0 Å². The van der Waals surface area contributed by atoms with Gasteiger partial charge >= 0.3 is 5.97 Å². The Balaban J connectivity index is 1.34. The van der Waals surface area contributed by atoms with Crippen LogP contribution in [0.25, 0.3) is 16.9 Å². The van der Waals surface area contributed by atoms with Gasteiger partial charge in [0.2, 0.25) is 0 Å². The third-order valence-electron chi connectivity index (χ3n) is 6.35. The monoisotopic (exact) mass is 533 g/mol. The third-order valence-corrected chi connectivity index (χ3v) is 6.65. The molecular formula is C28H25ClFN5O3. The summed E-state index contributed by atoms with van der Waals surface area (Å²) in [5, 5.41) is 4.64. The van der Waals surface area contributed by atoms with Crippen LogP contribution in [0.3, 0.4) is 0 Å². The molecule has 3 heterocycles. The van der Waals surface area contributed by atoms with Crippen molar-refractivity contribution in [1.82, 2.24) is 19.7 Å². The van der Waals surface area contributed by atoms with Gasteiger partial charge in [0.25, 0.3) is 5.91 Å². The first-order valence-electron chi connectivity index (χ1n) is 12.2. The molecule has 0 unspecified atom stereocenters. The van der Waals surface area contributed by atoms with Crippen molar-refractivity contribution in [3.63, 3.8) is 0 Å². The Labute approximate surface area is 224 Å². The van der Waals surface area contributed by atoms with E-state index in [0.717, 1.165) is 11.3 Å². The molecule has 0 aliphatic carbocycles. The van der Waals surface area contributed by atoms with Crippen LogP contribution in [0, 0.1) is 5.82 Å². The van der Waals surface area contributed by atoms with Gasteiger partial charge in [-0.3, -0.25) is 4.79 Å². The smallest absolute Gasteiger partial charge is 0.358 e. The van der Waals surface area contributed by atoms with Gasteiger partial charge in [0.1, 0.15) is 11.0 Å². The predicted molar refractivity (Wildman–Crippen MR) is 142 cm³/mol. The van der Waals surface area contributed by atoms with E-state index < -0.39 is 5.97 Å². The minimum Gasteiger partial charge on any atom is -0.461 e. The van der Waals surface area contributed by atoms with Crippen LogP contribution in [-0.2, 0) is 4.74 Å². The quantitative estimate of drug-likeness (QED) is 0.260. The lowest BCUT2D eigenvalue weighted by molar-refractivity contribution is 0.0518. The molecule has 0 atom stereocenters. The first-order chi connectivity index (χ1) is 18.4. The maximum Gasteiger partial charge on any atom is 0.358 e. The molecule has 194 valence electrons. The van der Waals surface area contributed by atoms with Crippen molar-refractivity contribution in [2.45, 2.75) is 6.92 Å². The lowest BCUT2D eigenvalue weighted by Crippen LogP contribution is -2.48. The Bertz CT molecular complexity index is 1450. The summed E-state index contributed by atoms with van der Waals surface area (Å²) in [6.07, 6.45) is 1.56. The number of halogens is 2. The fraction of sp³-hybridized carbons (Fsp3) is 0.214. The summed E-state index contributed by atoms with van der Waals surface area (Å²) in [7, 11) is 0. The molecule has 1 aliphatic rings. The maximum absolute atomic E-state index is 13.5. The molecule has 4 aromatic rings. The molecule has 0 spiro atoms. The lowest BCUT2D eigenvalue weighted by atomic mass is 10.1. The van der Waals surface area contributed by atoms with Crippen LogP contribution in [0.1, 0.15) is 27.8 Å². The highest BCUT2D eigenvalue weighted by atomic mass is 35.5. The van der Waals surface area contributed by atoms with E-state index in [0.29, 0.717) is 43.1 Å². The summed E-state index contributed by atoms with van der Waals surface area (Å²) >= 11 is 6.10. The minimum absolute atomic E-state index is 0.121. The number of ether oxygens (including phenoxy) is 1. The number of hydrogen-bond acceptors (Lipinski definition) is 6. The number of carbonyl (C=O) groups excluding carboxylic acids is 2. The van der Waals surface area contributed by atoms with Crippen LogP contribution in [0.5, 0.6) is 0 Å². The molecule has 1 saturated heterocycles. The molecule has 2 aromatic heterocycles. The van der Waals surface area contributed by atoms with Crippen molar-refractivity contribution < 1.29 is 18.7 Å². The number of benzene rings is 2. The summed E-state index contributed by atoms with van der Waals surface area (Å²) in [6.45, 7) is 4.43. The molecule has 1 amide bonds. The standard InChI is InChI=1S/C28H25ClFN5O3/c1-2-38-28(37)24-18-25(35(32-24)22-11-7-20(30)8-12-22)19-5-9-21(10-6-19)33-14-16-34(17-15-33)27(36)23-4-3-13-31-26(23)29/h3-13,18H,2,14-17H2,1H3. The van der Waals surface area contributed by atoms with Crippen molar-refractivity contribution in [3.05, 3.63) is 95.2 Å². The Morgan fingerprint density at radius 1 is 0.974 bits per heavy atom. The SMILES string of the molecule is CCOC(=O)c1cc(-c2ccc(N3CCN(C(=O)c4cccnc4Cl)CC3)cc2)n(-c2ccc(F)cc2)n1. The zero-order valence-electron chi connectivity index (χ0n) is 20.7. The van der Waals surface area contributed by atoms with E-state index in [1.165, 1.54) is 12.1 Å². The molecule has 0 N–H and O–H groups in total. The van der Waals surface area contributed by atoms with E-state index in [2.05, 4.69) is 15.0 Å². The van der Waals surface area contributed by atoms with E-state index in [4.69, 9.17) is 16.3 Å². The maximum atomic E-state index is 13.5. The molecule has 0 bridgehead atoms. The number of hydrogen-bond donors (Lipinski definition) is 0. The van der Waals surface area contributed by atoms with Crippen LogP contribution in [0.15, 0.2) is 72.9 Å². The Kier molecular flexibility index (Phi) is 7.37. The fourth-order valence-electron chi connectivity index (χ4n) is 4.40. The van der Waals surface area contributed by atoms with E-state index in [-0.39, 0.29) is 29.2 Å². The van der Waals surface area contributed by atoms with E-state index in [9.17, 15) is 14.0 Å². The number of carbonyl (C=O) groups is 2. The Morgan fingerprint density at radius 3 is 2.32 bits per heavy atom. The molecule has 5 rings (SSSR count). The second kappa shape index (κ2) is 11.0. The normalized spacial score (nSPS) is 13.4. The van der Waals surface area contributed by atoms with Crippen molar-refractivity contribution in [2.24, 2.45) is 0 Å². The second-order valence-corrected chi connectivity index (χ2v) is 9.05. The van der Waals surface area contributed by atoms with Crippen LogP contribution in [0.4, 0.5) is 10.1 Å². The van der Waals surface area contributed by atoms with Gasteiger partial charge in [-0.1, -0.05) is 23.7 Å². The number of amides is 1. The van der Waals surface area contributed by atoms with Gasteiger partial charge in [0, 0.05) is 43.6 Å². The number of anilines is 1. The highest BCUT2D eigenvalue weighted by molar-refractivity contribution is 6.32. The zero-order valence-corrected chi connectivity index (χ0v) is 21.4. The number of rotatable bonds is 6. The molecule has 0 saturated carbocycles. The molecule has 0 radical (unpaired) electrons. The van der Waals surface area contributed by atoms with Gasteiger partial charge in [-0.2, -0.15) is 5.10 Å². The summed E-state index contributed by atoms with van der Waals surface area (Å²) in [6, 6.07) is 18.9. The average molecular weight is 534 g/mol. The Morgan fingerprint density at radius 2 is 1.66 bits per heavy atom. The largest absolute Gasteiger partial charge is 0.461 e. The van der Waals surface area contributed by atoms with Crippen LogP contribution < -0.4 is 4.90 Å². The molecule has 1 fully saturated rings. The van der Waals surface area contributed by atoms with Crippen molar-refractivity contribution in [1.29, 1.82) is 0 Å². The summed E-state index contributed by atoms with van der Waals surface area (Å²) < 4.78 is 20.2. The third kappa shape index (κ3) is 5.24. The van der Waals surface area contributed by atoms with Crippen LogP contribution >= 0.6 is 11.6 Å². The highest BCUT2D eigenvalue weighted by Crippen LogP contribution is 2.28. The van der Waals surface area contributed by atoms with Gasteiger partial charge in [-0.25, -0.2) is 18.9 Å². The number of pyridine rings is 1. The second-order valence-electron chi connectivity index (χ2n) is 8.69. The van der Waals surface area contributed by atoms with E-state index in [1.807, 2.05) is 24.3 Å². The molecule has 8 nitrogen and oxygen atoms in total. The topological polar surface area (TPSA) is 80.6 Å². The van der Waals surface area contributed by atoms with Gasteiger partial charge in [-0.15, -0.1) is 0 Å². The van der Waals surface area contributed by atoms with Gasteiger partial charge in [0.05, 0.1) is 23.6 Å². The summed E-state index contributed by atoms with van der Waals surface area (Å²) in [4.78, 5) is 33.2. The molecule has 10 heteroatoms. The average Bonchev–Trinajstić information content (AvgIpc) is 3.39. The molecule has 1 aliphatic heterocycles. The number of piperazine rings is 1. The van der Waals surface area contributed by atoms with Gasteiger partial charge < -0.3 is 14.5 Å². The van der Waals surface area contributed by atoms with Gasteiger partial charge in [-0.05, 0) is 61.5 Å². The first-order valence-corrected chi connectivity index (χ1v) is 12.6.